The minimum atomic E-state index is -0.0875. The second-order valence-corrected chi connectivity index (χ2v) is 8.41. The minimum Gasteiger partial charge on any atom is -0.337 e. The van der Waals surface area contributed by atoms with Crippen molar-refractivity contribution in [2.24, 2.45) is 11.8 Å². The predicted molar refractivity (Wildman–Crippen MR) is 99.3 cm³/mol. The smallest absolute Gasteiger partial charge is 0.274 e. The van der Waals surface area contributed by atoms with Crippen LogP contribution in [0, 0.1) is 25.7 Å². The molecule has 5 heterocycles. The van der Waals surface area contributed by atoms with Gasteiger partial charge in [0, 0.05) is 43.1 Å². The quantitative estimate of drug-likeness (QED) is 0.830. The molecule has 4 aliphatic rings. The highest BCUT2D eigenvalue weighted by molar-refractivity contribution is 5.94. The number of carbonyl (C=O) groups is 2. The number of carbonyl (C=O) groups excluding carboxylic acids is 2. The van der Waals surface area contributed by atoms with Gasteiger partial charge in [-0.2, -0.15) is 5.10 Å². The molecular weight excluding hydrogens is 342 g/mol. The van der Waals surface area contributed by atoms with E-state index >= 15 is 0 Å². The Morgan fingerprint density at radius 2 is 1.96 bits per heavy atom. The zero-order valence-electron chi connectivity index (χ0n) is 15.9. The van der Waals surface area contributed by atoms with E-state index in [1.807, 2.05) is 24.8 Å². The molecular formula is C20H25N5O2. The molecule has 0 unspecified atom stereocenters. The summed E-state index contributed by atoms with van der Waals surface area (Å²) >= 11 is 0. The molecule has 7 nitrogen and oxygen atoms in total. The molecule has 3 aliphatic heterocycles. The van der Waals surface area contributed by atoms with Crippen molar-refractivity contribution in [2.75, 3.05) is 19.6 Å². The SMILES string of the molecule is Cc1cc(C)n2nc(C(=O)N3C[C@@H]4CC[C@H](C3)N(CC3CC3)C4=O)cc2n1. The lowest BCUT2D eigenvalue weighted by atomic mass is 9.94. The molecule has 3 saturated heterocycles. The average Bonchev–Trinajstić information content (AvgIpc) is 3.40. The lowest BCUT2D eigenvalue weighted by molar-refractivity contribution is -0.140. The maximum atomic E-state index is 13.2. The van der Waals surface area contributed by atoms with Crippen LogP contribution in [0.2, 0.25) is 0 Å². The van der Waals surface area contributed by atoms with Crippen LogP contribution in [0.15, 0.2) is 12.1 Å². The maximum Gasteiger partial charge on any atom is 0.274 e. The average molecular weight is 367 g/mol. The summed E-state index contributed by atoms with van der Waals surface area (Å²) in [6, 6.07) is 3.87. The van der Waals surface area contributed by atoms with E-state index in [0.29, 0.717) is 30.3 Å². The van der Waals surface area contributed by atoms with Crippen LogP contribution < -0.4 is 0 Å². The minimum absolute atomic E-state index is 0.0643. The summed E-state index contributed by atoms with van der Waals surface area (Å²) < 4.78 is 1.72. The Hall–Kier alpha value is -2.44. The van der Waals surface area contributed by atoms with Gasteiger partial charge in [-0.1, -0.05) is 0 Å². The molecule has 0 radical (unpaired) electrons. The molecule has 2 aromatic heterocycles. The van der Waals surface area contributed by atoms with Crippen LogP contribution in [0.25, 0.3) is 5.65 Å². The highest BCUT2D eigenvalue weighted by Gasteiger charge is 2.43. The fourth-order valence-electron chi connectivity index (χ4n) is 4.58. The lowest BCUT2D eigenvalue weighted by Gasteiger charge is -2.36. The number of rotatable bonds is 3. The van der Waals surface area contributed by atoms with Crippen molar-refractivity contribution in [3.63, 3.8) is 0 Å². The Morgan fingerprint density at radius 1 is 1.15 bits per heavy atom. The number of piperidine rings is 1. The van der Waals surface area contributed by atoms with Gasteiger partial charge in [0.15, 0.2) is 11.3 Å². The molecule has 2 aromatic rings. The van der Waals surface area contributed by atoms with Gasteiger partial charge in [0.25, 0.3) is 5.91 Å². The second kappa shape index (κ2) is 6.04. The summed E-state index contributed by atoms with van der Waals surface area (Å²) in [4.78, 5) is 34.4. The van der Waals surface area contributed by atoms with E-state index in [2.05, 4.69) is 15.0 Å². The molecule has 2 bridgehead atoms. The zero-order valence-corrected chi connectivity index (χ0v) is 15.9. The normalized spacial score (nSPS) is 25.3. The highest BCUT2D eigenvalue weighted by Crippen LogP contribution is 2.35. The van der Waals surface area contributed by atoms with Crippen LogP contribution in [0.5, 0.6) is 0 Å². The van der Waals surface area contributed by atoms with E-state index in [1.54, 1.807) is 10.6 Å². The lowest BCUT2D eigenvalue weighted by Crippen LogP contribution is -2.48. The van der Waals surface area contributed by atoms with E-state index < -0.39 is 0 Å². The standard InChI is InChI=1S/C20H25N5O2/c1-12-7-13(2)25-18(21-12)8-17(22-25)20(27)23-10-15-5-6-16(11-23)24(19(15)26)9-14-3-4-14/h7-8,14-16H,3-6,9-11H2,1-2H3/t15-,16+/m0/s1. The van der Waals surface area contributed by atoms with Crippen molar-refractivity contribution in [3.8, 4) is 0 Å². The van der Waals surface area contributed by atoms with E-state index in [0.717, 1.165) is 30.8 Å². The molecule has 4 fully saturated rings. The Kier molecular flexibility index (Phi) is 3.74. The topological polar surface area (TPSA) is 70.8 Å². The Bertz CT molecular complexity index is 932. The number of amides is 2. The monoisotopic (exact) mass is 367 g/mol. The van der Waals surface area contributed by atoms with Gasteiger partial charge in [0.2, 0.25) is 5.91 Å². The molecule has 7 heteroatoms. The largest absolute Gasteiger partial charge is 0.337 e. The molecule has 1 aliphatic carbocycles. The first-order valence-corrected chi connectivity index (χ1v) is 9.93. The van der Waals surface area contributed by atoms with Crippen molar-refractivity contribution in [1.82, 2.24) is 24.4 Å². The Balaban J connectivity index is 1.42. The Morgan fingerprint density at radius 3 is 2.74 bits per heavy atom. The first-order valence-electron chi connectivity index (χ1n) is 9.93. The summed E-state index contributed by atoms with van der Waals surface area (Å²) in [5.74, 6) is 0.769. The molecule has 2 atom stereocenters. The van der Waals surface area contributed by atoms with Crippen LogP contribution in [-0.2, 0) is 4.79 Å². The van der Waals surface area contributed by atoms with Crippen LogP contribution in [0.4, 0.5) is 0 Å². The number of hydrogen-bond donors (Lipinski definition) is 0. The fourth-order valence-corrected chi connectivity index (χ4v) is 4.58. The van der Waals surface area contributed by atoms with Gasteiger partial charge >= 0.3 is 0 Å². The van der Waals surface area contributed by atoms with Crippen molar-refractivity contribution >= 4 is 17.5 Å². The summed E-state index contributed by atoms with van der Waals surface area (Å²) in [5, 5.41) is 4.49. The third-order valence-electron chi connectivity index (χ3n) is 6.18. The van der Waals surface area contributed by atoms with Gasteiger partial charge in [0.05, 0.1) is 5.92 Å². The van der Waals surface area contributed by atoms with Gasteiger partial charge in [-0.25, -0.2) is 9.50 Å². The van der Waals surface area contributed by atoms with Gasteiger partial charge in [-0.3, -0.25) is 9.59 Å². The number of aryl methyl sites for hydroxylation is 2. The van der Waals surface area contributed by atoms with Crippen molar-refractivity contribution in [3.05, 3.63) is 29.2 Å². The number of aromatic nitrogens is 3. The Labute approximate surface area is 158 Å². The number of hydrogen-bond acceptors (Lipinski definition) is 4. The number of fused-ring (bicyclic) bond motifs is 5. The molecule has 0 spiro atoms. The summed E-state index contributed by atoms with van der Waals surface area (Å²) in [5.41, 5.74) is 2.98. The predicted octanol–water partition coefficient (Wildman–Crippen LogP) is 1.82. The van der Waals surface area contributed by atoms with E-state index in [1.165, 1.54) is 12.8 Å². The summed E-state index contributed by atoms with van der Waals surface area (Å²) in [7, 11) is 0. The fraction of sp³-hybridized carbons (Fsp3) is 0.600. The molecule has 6 rings (SSSR count). The van der Waals surface area contributed by atoms with Gasteiger partial charge in [-0.05, 0) is 51.5 Å². The van der Waals surface area contributed by atoms with Crippen LogP contribution >= 0.6 is 0 Å². The molecule has 0 aromatic carbocycles. The van der Waals surface area contributed by atoms with E-state index in [9.17, 15) is 9.59 Å². The third-order valence-corrected chi connectivity index (χ3v) is 6.18. The van der Waals surface area contributed by atoms with Crippen molar-refractivity contribution in [1.29, 1.82) is 0 Å². The zero-order chi connectivity index (χ0) is 18.7. The van der Waals surface area contributed by atoms with Crippen LogP contribution in [-0.4, -0.2) is 61.9 Å². The molecule has 2 amide bonds. The van der Waals surface area contributed by atoms with Gasteiger partial charge in [-0.15, -0.1) is 0 Å². The molecule has 27 heavy (non-hydrogen) atoms. The van der Waals surface area contributed by atoms with Gasteiger partial charge in [0.1, 0.15) is 0 Å². The van der Waals surface area contributed by atoms with Crippen molar-refractivity contribution < 1.29 is 9.59 Å². The highest BCUT2D eigenvalue weighted by atomic mass is 16.2. The first-order chi connectivity index (χ1) is 13.0. The van der Waals surface area contributed by atoms with E-state index in [-0.39, 0.29) is 23.8 Å². The first kappa shape index (κ1) is 16.7. The van der Waals surface area contributed by atoms with Crippen LogP contribution in [0.3, 0.4) is 0 Å². The number of nitrogens with zero attached hydrogens (tertiary/aromatic N) is 5. The third kappa shape index (κ3) is 2.89. The second-order valence-electron chi connectivity index (χ2n) is 8.41. The molecule has 142 valence electrons. The molecule has 1 saturated carbocycles. The summed E-state index contributed by atoms with van der Waals surface area (Å²) in [6.07, 6.45) is 4.35. The van der Waals surface area contributed by atoms with Crippen molar-refractivity contribution in [2.45, 2.75) is 45.6 Å². The van der Waals surface area contributed by atoms with Crippen LogP contribution in [0.1, 0.15) is 47.6 Å². The van der Waals surface area contributed by atoms with E-state index in [4.69, 9.17) is 0 Å². The maximum absolute atomic E-state index is 13.2. The molecule has 0 N–H and O–H groups in total. The van der Waals surface area contributed by atoms with Gasteiger partial charge < -0.3 is 9.80 Å². The summed E-state index contributed by atoms with van der Waals surface area (Å²) in [6.45, 7) is 5.90.